The Morgan fingerprint density at radius 2 is 2.16 bits per heavy atom. The van der Waals surface area contributed by atoms with Crippen LogP contribution in [-0.2, 0) is 11.2 Å². The van der Waals surface area contributed by atoms with Gasteiger partial charge in [-0.15, -0.1) is 0 Å². The lowest BCUT2D eigenvalue weighted by atomic mass is 10.2. The molecule has 106 valence electrons. The van der Waals surface area contributed by atoms with Crippen molar-refractivity contribution in [1.82, 2.24) is 12.4 Å². The Kier molecular flexibility index (Phi) is 7.70. The molecule has 0 aliphatic carbocycles. The third kappa shape index (κ3) is 7.12. The fourth-order valence-electron chi connectivity index (χ4n) is 1.58. The zero-order chi connectivity index (χ0) is 14.3. The Hall–Kier alpha value is -0.340. The average molecular weight is 393 g/mol. The molecule has 6 heteroatoms. The van der Waals surface area contributed by atoms with E-state index in [4.69, 9.17) is 0 Å². The fourth-order valence-corrected chi connectivity index (χ4v) is 2.39. The van der Waals surface area contributed by atoms with Crippen LogP contribution in [0.4, 0.5) is 0 Å². The van der Waals surface area contributed by atoms with Gasteiger partial charge in [0.1, 0.15) is 0 Å². The molecule has 0 aliphatic heterocycles. The van der Waals surface area contributed by atoms with Crippen molar-refractivity contribution >= 4 is 41.6 Å². The number of carbonyl (C=O) groups excluding carboxylic acids is 1. The fraction of sp³-hybridized carbons (Fsp3) is 0.538. The van der Waals surface area contributed by atoms with E-state index in [9.17, 15) is 4.79 Å². The number of nitrogens with zero attached hydrogens (tertiary/aromatic N) is 3. The van der Waals surface area contributed by atoms with Gasteiger partial charge in [0, 0.05) is 31.5 Å². The molecule has 1 rings (SSSR count). The lowest BCUT2D eigenvalue weighted by molar-refractivity contribution is -0.124. The maximum absolute atomic E-state index is 12.0. The first-order chi connectivity index (χ1) is 8.99. The van der Waals surface area contributed by atoms with E-state index in [-0.39, 0.29) is 5.91 Å². The number of hydrogen-bond donors (Lipinski definition) is 1. The highest BCUT2D eigenvalue weighted by atomic mass is 127. The lowest BCUT2D eigenvalue weighted by Gasteiger charge is -2.21. The molecule has 0 atom stereocenters. The smallest absolute Gasteiger partial charge is 0.237 e. The van der Waals surface area contributed by atoms with Gasteiger partial charge < -0.3 is 0 Å². The predicted octanol–water partition coefficient (Wildman–Crippen LogP) is 2.61. The Morgan fingerprint density at radius 3 is 2.74 bits per heavy atom. The Balaban J connectivity index is 2.33. The Morgan fingerprint density at radius 1 is 1.42 bits per heavy atom. The highest BCUT2D eigenvalue weighted by molar-refractivity contribution is 14.1. The van der Waals surface area contributed by atoms with Gasteiger partial charge in [-0.2, -0.15) is 0 Å². The molecule has 0 fully saturated rings. The number of amides is 1. The molecule has 1 aromatic rings. The van der Waals surface area contributed by atoms with Crippen LogP contribution < -0.4 is 0 Å². The average Bonchev–Trinajstić information content (AvgIpc) is 2.36. The molecule has 0 saturated heterocycles. The standard InChI is InChI=1S/C13H20IN3OS/c1-11(2)10-16(19)7-8-17(14)13(18)9-12-5-3-4-6-15-12/h3-6,11,19H,7-10H2,1-2H3. The van der Waals surface area contributed by atoms with Crippen LogP contribution in [-0.4, -0.2) is 37.9 Å². The summed E-state index contributed by atoms with van der Waals surface area (Å²) in [6, 6.07) is 5.61. The molecular formula is C13H20IN3OS. The van der Waals surface area contributed by atoms with Crippen molar-refractivity contribution in [2.24, 2.45) is 5.92 Å². The number of rotatable bonds is 7. The van der Waals surface area contributed by atoms with Crippen LogP contribution in [0.25, 0.3) is 0 Å². The number of pyridine rings is 1. The predicted molar refractivity (Wildman–Crippen MR) is 89.1 cm³/mol. The monoisotopic (exact) mass is 393 g/mol. The topological polar surface area (TPSA) is 36.4 Å². The van der Waals surface area contributed by atoms with Gasteiger partial charge in [0.15, 0.2) is 0 Å². The minimum absolute atomic E-state index is 0.0746. The van der Waals surface area contributed by atoms with E-state index in [2.05, 4.69) is 54.5 Å². The number of aromatic nitrogens is 1. The molecule has 0 spiro atoms. The molecule has 19 heavy (non-hydrogen) atoms. The number of halogens is 1. The van der Waals surface area contributed by atoms with E-state index in [0.717, 1.165) is 18.8 Å². The second-order valence-electron chi connectivity index (χ2n) is 4.78. The van der Waals surface area contributed by atoms with Crippen molar-refractivity contribution in [3.05, 3.63) is 30.1 Å². The summed E-state index contributed by atoms with van der Waals surface area (Å²) in [4.78, 5) is 16.1. The first-order valence-corrected chi connectivity index (χ1v) is 7.65. The van der Waals surface area contributed by atoms with Crippen molar-refractivity contribution in [3.63, 3.8) is 0 Å². The molecule has 0 bridgehead atoms. The molecule has 1 amide bonds. The van der Waals surface area contributed by atoms with Crippen LogP contribution in [0.2, 0.25) is 0 Å². The highest BCUT2D eigenvalue weighted by Crippen LogP contribution is 2.07. The minimum Gasteiger partial charge on any atom is -0.283 e. The summed E-state index contributed by atoms with van der Waals surface area (Å²) in [6.07, 6.45) is 2.05. The minimum atomic E-state index is 0.0746. The van der Waals surface area contributed by atoms with Crippen molar-refractivity contribution < 1.29 is 4.79 Å². The molecule has 0 radical (unpaired) electrons. The molecule has 1 aromatic heterocycles. The third-order valence-electron chi connectivity index (χ3n) is 2.46. The van der Waals surface area contributed by atoms with Crippen LogP contribution in [0.1, 0.15) is 19.5 Å². The lowest BCUT2D eigenvalue weighted by Crippen LogP contribution is -2.31. The van der Waals surface area contributed by atoms with E-state index in [1.807, 2.05) is 22.5 Å². The van der Waals surface area contributed by atoms with Gasteiger partial charge in [0.05, 0.1) is 29.3 Å². The molecular weight excluding hydrogens is 373 g/mol. The van der Waals surface area contributed by atoms with Gasteiger partial charge in [0.2, 0.25) is 5.91 Å². The van der Waals surface area contributed by atoms with Gasteiger partial charge >= 0.3 is 0 Å². The summed E-state index contributed by atoms with van der Waals surface area (Å²) in [6.45, 7) is 6.65. The van der Waals surface area contributed by atoms with Crippen molar-refractivity contribution in [3.8, 4) is 0 Å². The van der Waals surface area contributed by atoms with E-state index in [0.29, 0.717) is 18.9 Å². The zero-order valence-electron chi connectivity index (χ0n) is 11.3. The highest BCUT2D eigenvalue weighted by Gasteiger charge is 2.13. The zero-order valence-corrected chi connectivity index (χ0v) is 14.3. The van der Waals surface area contributed by atoms with E-state index in [1.165, 1.54) is 0 Å². The largest absolute Gasteiger partial charge is 0.283 e. The van der Waals surface area contributed by atoms with Crippen molar-refractivity contribution in [1.29, 1.82) is 0 Å². The quantitative estimate of drug-likeness (QED) is 0.440. The van der Waals surface area contributed by atoms with Crippen LogP contribution in [0.5, 0.6) is 0 Å². The van der Waals surface area contributed by atoms with Gasteiger partial charge in [-0.05, 0) is 18.1 Å². The number of thiol groups is 1. The maximum Gasteiger partial charge on any atom is 0.237 e. The van der Waals surface area contributed by atoms with Crippen LogP contribution >= 0.6 is 35.7 Å². The SMILES string of the molecule is CC(C)CN(S)CCN(I)C(=O)Cc1ccccn1. The number of hydrogen-bond acceptors (Lipinski definition) is 4. The Labute approximate surface area is 134 Å². The summed E-state index contributed by atoms with van der Waals surface area (Å²) in [7, 11) is 0. The van der Waals surface area contributed by atoms with E-state index >= 15 is 0 Å². The summed E-state index contributed by atoms with van der Waals surface area (Å²) in [5, 5.41) is 0. The third-order valence-corrected chi connectivity index (χ3v) is 3.84. The molecule has 0 aliphatic rings. The first-order valence-electron chi connectivity index (χ1n) is 6.29. The van der Waals surface area contributed by atoms with Gasteiger partial charge in [0.25, 0.3) is 0 Å². The molecule has 4 nitrogen and oxygen atoms in total. The van der Waals surface area contributed by atoms with E-state index in [1.54, 1.807) is 9.31 Å². The Bertz CT molecular complexity index is 389. The summed E-state index contributed by atoms with van der Waals surface area (Å²) >= 11 is 6.45. The van der Waals surface area contributed by atoms with Crippen LogP contribution in [0.3, 0.4) is 0 Å². The second-order valence-corrected chi connectivity index (χ2v) is 6.51. The molecule has 0 N–H and O–H groups in total. The van der Waals surface area contributed by atoms with Crippen LogP contribution in [0.15, 0.2) is 24.4 Å². The van der Waals surface area contributed by atoms with E-state index < -0.39 is 0 Å². The van der Waals surface area contributed by atoms with Gasteiger partial charge in [-0.25, -0.2) is 0 Å². The molecule has 0 aromatic carbocycles. The molecule has 0 unspecified atom stereocenters. The van der Waals surface area contributed by atoms with Crippen molar-refractivity contribution in [2.45, 2.75) is 20.3 Å². The van der Waals surface area contributed by atoms with Crippen LogP contribution in [0, 0.1) is 5.92 Å². The summed E-state index contributed by atoms with van der Waals surface area (Å²) in [5.41, 5.74) is 0.805. The van der Waals surface area contributed by atoms with Crippen molar-refractivity contribution in [2.75, 3.05) is 19.6 Å². The normalized spacial score (nSPS) is 11.1. The molecule has 1 heterocycles. The van der Waals surface area contributed by atoms with Gasteiger partial charge in [-0.3, -0.25) is 17.2 Å². The number of carbonyl (C=O) groups is 1. The summed E-state index contributed by atoms with van der Waals surface area (Å²) < 4.78 is 3.65. The van der Waals surface area contributed by atoms with Gasteiger partial charge in [-0.1, -0.05) is 32.7 Å². The maximum atomic E-state index is 12.0. The first kappa shape index (κ1) is 16.7. The summed E-state index contributed by atoms with van der Waals surface area (Å²) in [5.74, 6) is 0.648. The molecule has 0 saturated carbocycles. The second kappa shape index (κ2) is 8.76.